The first-order valence-corrected chi connectivity index (χ1v) is 8.27. The van der Waals surface area contributed by atoms with Gasteiger partial charge in [-0.05, 0) is 26.8 Å². The molecule has 0 aliphatic heterocycles. The fraction of sp³-hybridized carbons (Fsp3) is 0.444. The average molecular weight is 360 g/mol. The number of hydrogen-bond donors (Lipinski definition) is 1. The second-order valence-electron chi connectivity index (χ2n) is 7.08. The molecule has 8 nitrogen and oxygen atoms in total. The van der Waals surface area contributed by atoms with Crippen LogP contribution in [-0.4, -0.2) is 64.8 Å². The smallest absolute Gasteiger partial charge is 0.410 e. The summed E-state index contributed by atoms with van der Waals surface area (Å²) in [6.45, 7) is 5.98. The van der Waals surface area contributed by atoms with Crippen LogP contribution in [0.15, 0.2) is 29.1 Å². The zero-order valence-electron chi connectivity index (χ0n) is 15.7. The van der Waals surface area contributed by atoms with E-state index in [9.17, 15) is 14.4 Å². The molecule has 0 bridgehead atoms. The maximum absolute atomic E-state index is 12.7. The molecular formula is C18H24N4O4. The van der Waals surface area contributed by atoms with Crippen molar-refractivity contribution in [3.8, 4) is 0 Å². The summed E-state index contributed by atoms with van der Waals surface area (Å²) in [7, 11) is 3.23. The Morgan fingerprint density at radius 2 is 1.65 bits per heavy atom. The number of fused-ring (bicyclic) bond motifs is 1. The van der Waals surface area contributed by atoms with Crippen LogP contribution in [0.25, 0.3) is 10.8 Å². The molecule has 2 amide bonds. The van der Waals surface area contributed by atoms with Crippen molar-refractivity contribution in [2.75, 3.05) is 27.2 Å². The van der Waals surface area contributed by atoms with E-state index in [-0.39, 0.29) is 17.2 Å². The molecule has 0 aliphatic rings. The molecular weight excluding hydrogens is 336 g/mol. The molecule has 0 saturated carbocycles. The van der Waals surface area contributed by atoms with Gasteiger partial charge in [-0.3, -0.25) is 9.59 Å². The molecule has 0 atom stereocenters. The van der Waals surface area contributed by atoms with Gasteiger partial charge >= 0.3 is 6.09 Å². The number of likely N-dealkylation sites (N-methyl/N-ethyl adjacent to an activating group) is 2. The maximum Gasteiger partial charge on any atom is 0.410 e. The van der Waals surface area contributed by atoms with Crippen molar-refractivity contribution < 1.29 is 14.3 Å². The summed E-state index contributed by atoms with van der Waals surface area (Å²) in [5.41, 5.74) is -0.752. The minimum atomic E-state index is -0.578. The third kappa shape index (κ3) is 4.59. The van der Waals surface area contributed by atoms with Gasteiger partial charge in [0.25, 0.3) is 11.5 Å². The summed E-state index contributed by atoms with van der Waals surface area (Å²) >= 11 is 0. The van der Waals surface area contributed by atoms with Gasteiger partial charge in [0.2, 0.25) is 0 Å². The van der Waals surface area contributed by atoms with Crippen LogP contribution in [0.4, 0.5) is 4.79 Å². The van der Waals surface area contributed by atoms with E-state index >= 15 is 0 Å². The van der Waals surface area contributed by atoms with Gasteiger partial charge in [-0.1, -0.05) is 18.2 Å². The van der Waals surface area contributed by atoms with E-state index in [0.717, 1.165) is 0 Å². The van der Waals surface area contributed by atoms with Crippen molar-refractivity contribution in [3.63, 3.8) is 0 Å². The van der Waals surface area contributed by atoms with Crippen molar-refractivity contribution in [2.24, 2.45) is 0 Å². The van der Waals surface area contributed by atoms with Gasteiger partial charge in [0.1, 0.15) is 5.60 Å². The number of ether oxygens (including phenoxy) is 1. The largest absolute Gasteiger partial charge is 0.444 e. The Kier molecular flexibility index (Phi) is 5.64. The van der Waals surface area contributed by atoms with E-state index < -0.39 is 11.7 Å². The number of aromatic amines is 1. The van der Waals surface area contributed by atoms with Crippen molar-refractivity contribution in [2.45, 2.75) is 26.4 Å². The van der Waals surface area contributed by atoms with Gasteiger partial charge in [-0.15, -0.1) is 0 Å². The molecule has 26 heavy (non-hydrogen) atoms. The highest BCUT2D eigenvalue weighted by atomic mass is 16.6. The number of nitrogens with zero attached hydrogens (tertiary/aromatic N) is 3. The van der Waals surface area contributed by atoms with Crippen LogP contribution in [0.1, 0.15) is 31.3 Å². The van der Waals surface area contributed by atoms with Gasteiger partial charge in [-0.25, -0.2) is 9.89 Å². The first-order chi connectivity index (χ1) is 12.1. The summed E-state index contributed by atoms with van der Waals surface area (Å²) in [6.07, 6.45) is -0.453. The van der Waals surface area contributed by atoms with Crippen LogP contribution in [0.3, 0.4) is 0 Å². The molecule has 8 heteroatoms. The Labute approximate surface area is 151 Å². The summed E-state index contributed by atoms with van der Waals surface area (Å²) < 4.78 is 5.28. The van der Waals surface area contributed by atoms with E-state index in [4.69, 9.17) is 4.74 Å². The number of nitrogens with one attached hydrogen (secondary N) is 1. The number of rotatable bonds is 4. The minimum absolute atomic E-state index is 0.169. The first-order valence-electron chi connectivity index (χ1n) is 8.27. The van der Waals surface area contributed by atoms with E-state index in [0.29, 0.717) is 23.9 Å². The summed E-state index contributed by atoms with van der Waals surface area (Å²) in [6, 6.07) is 6.80. The third-order valence-corrected chi connectivity index (χ3v) is 3.72. The molecule has 0 fully saturated rings. The lowest BCUT2D eigenvalue weighted by Gasteiger charge is -2.26. The van der Waals surface area contributed by atoms with E-state index in [1.807, 2.05) is 0 Å². The molecule has 2 rings (SSSR count). The highest BCUT2D eigenvalue weighted by Gasteiger charge is 2.22. The van der Waals surface area contributed by atoms with Gasteiger partial charge in [0.05, 0.1) is 5.39 Å². The number of H-pyrrole nitrogens is 1. The SMILES string of the molecule is CN(CCN(C)C(=O)c1n[nH]c(=O)c2ccccc12)C(=O)OC(C)(C)C. The van der Waals surface area contributed by atoms with E-state index in [2.05, 4.69) is 10.2 Å². The monoisotopic (exact) mass is 360 g/mol. The second-order valence-corrected chi connectivity index (χ2v) is 7.08. The lowest BCUT2D eigenvalue weighted by Crippen LogP contribution is -2.40. The topological polar surface area (TPSA) is 95.6 Å². The number of carbonyl (C=O) groups is 2. The molecule has 2 aromatic rings. The molecule has 1 aromatic heterocycles. The van der Waals surface area contributed by atoms with Crippen molar-refractivity contribution in [1.82, 2.24) is 20.0 Å². The van der Waals surface area contributed by atoms with E-state index in [1.54, 1.807) is 59.1 Å². The van der Waals surface area contributed by atoms with Crippen LogP contribution >= 0.6 is 0 Å². The minimum Gasteiger partial charge on any atom is -0.444 e. The number of amides is 2. The predicted octanol–water partition coefficient (Wildman–Crippen LogP) is 1.86. The molecule has 0 saturated heterocycles. The maximum atomic E-state index is 12.7. The van der Waals surface area contributed by atoms with Gasteiger partial charge in [0.15, 0.2) is 5.69 Å². The van der Waals surface area contributed by atoms with Gasteiger partial charge in [-0.2, -0.15) is 5.10 Å². The fourth-order valence-corrected chi connectivity index (χ4v) is 2.29. The Morgan fingerprint density at radius 1 is 1.08 bits per heavy atom. The van der Waals surface area contributed by atoms with Crippen LogP contribution in [0.2, 0.25) is 0 Å². The average Bonchev–Trinajstić information content (AvgIpc) is 2.58. The second kappa shape index (κ2) is 7.55. The summed E-state index contributed by atoms with van der Waals surface area (Å²) in [5, 5.41) is 7.16. The standard InChI is InChI=1S/C18H24N4O4/c1-18(2,3)26-17(25)22(5)11-10-21(4)16(24)14-12-8-6-7-9-13(12)15(23)20-19-14/h6-9H,10-11H2,1-5H3,(H,20,23). The molecule has 1 aromatic carbocycles. The number of carbonyl (C=O) groups excluding carboxylic acids is 2. The Hall–Kier alpha value is -2.90. The number of benzene rings is 1. The van der Waals surface area contributed by atoms with Crippen LogP contribution in [0, 0.1) is 0 Å². The third-order valence-electron chi connectivity index (χ3n) is 3.72. The molecule has 1 heterocycles. The number of aromatic nitrogens is 2. The van der Waals surface area contributed by atoms with Crippen molar-refractivity contribution in [1.29, 1.82) is 0 Å². The van der Waals surface area contributed by atoms with Gasteiger partial charge < -0.3 is 14.5 Å². The zero-order chi connectivity index (χ0) is 19.5. The molecule has 0 spiro atoms. The van der Waals surface area contributed by atoms with E-state index in [1.165, 1.54) is 9.80 Å². The van der Waals surface area contributed by atoms with Crippen molar-refractivity contribution in [3.05, 3.63) is 40.3 Å². The van der Waals surface area contributed by atoms with Gasteiger partial charge in [0, 0.05) is 32.6 Å². The normalized spacial score (nSPS) is 11.3. The lowest BCUT2D eigenvalue weighted by atomic mass is 10.1. The molecule has 0 radical (unpaired) electrons. The highest BCUT2D eigenvalue weighted by molar-refractivity contribution is 6.04. The Bertz CT molecular complexity index is 869. The molecule has 0 unspecified atom stereocenters. The van der Waals surface area contributed by atoms with Crippen LogP contribution < -0.4 is 5.56 Å². The number of hydrogen-bond acceptors (Lipinski definition) is 5. The van der Waals surface area contributed by atoms with Crippen LogP contribution in [-0.2, 0) is 4.74 Å². The Morgan fingerprint density at radius 3 is 2.27 bits per heavy atom. The fourth-order valence-electron chi connectivity index (χ4n) is 2.29. The quantitative estimate of drug-likeness (QED) is 0.898. The zero-order valence-corrected chi connectivity index (χ0v) is 15.7. The predicted molar refractivity (Wildman–Crippen MR) is 98.2 cm³/mol. The summed E-state index contributed by atoms with van der Waals surface area (Å²) in [4.78, 5) is 39.3. The van der Waals surface area contributed by atoms with Crippen LogP contribution in [0.5, 0.6) is 0 Å². The first kappa shape index (κ1) is 19.4. The van der Waals surface area contributed by atoms with Crippen molar-refractivity contribution >= 4 is 22.8 Å². The molecule has 1 N–H and O–H groups in total. The summed E-state index contributed by atoms with van der Waals surface area (Å²) in [5.74, 6) is -0.338. The molecule has 140 valence electrons. The highest BCUT2D eigenvalue weighted by Crippen LogP contribution is 2.14. The lowest BCUT2D eigenvalue weighted by molar-refractivity contribution is 0.0283. The molecule has 0 aliphatic carbocycles. The Balaban J connectivity index is 2.08.